The van der Waals surface area contributed by atoms with E-state index in [1.165, 1.54) is 63.8 Å². The van der Waals surface area contributed by atoms with Crippen LogP contribution in [0.1, 0.15) is 76.6 Å². The Morgan fingerprint density at radius 3 is 1.40 bits per heavy atom. The lowest BCUT2D eigenvalue weighted by atomic mass is 9.85. The maximum Gasteiger partial charge on any atom is 0.0316 e. The van der Waals surface area contributed by atoms with E-state index in [1.54, 1.807) is 0 Å². The number of rotatable bonds is 9. The normalized spacial score (nSPS) is 11.2. The lowest BCUT2D eigenvalue weighted by Gasteiger charge is -2.19. The first-order chi connectivity index (χ1) is 16.9. The van der Waals surface area contributed by atoms with Crippen molar-refractivity contribution in [1.29, 1.82) is 0 Å². The van der Waals surface area contributed by atoms with Gasteiger partial charge in [0.1, 0.15) is 0 Å². The summed E-state index contributed by atoms with van der Waals surface area (Å²) >= 11 is 0. The minimum Gasteiger partial charge on any atom is -0.399 e. The number of aryl methyl sites for hydroxylation is 2. The van der Waals surface area contributed by atoms with Crippen LogP contribution >= 0.6 is 0 Å². The molecule has 4 aromatic rings. The number of benzene rings is 4. The molecule has 35 heavy (non-hydrogen) atoms. The highest BCUT2D eigenvalue weighted by Crippen LogP contribution is 2.31. The molecular formula is C33H38N2. The van der Waals surface area contributed by atoms with E-state index in [4.69, 9.17) is 11.5 Å². The van der Waals surface area contributed by atoms with Crippen molar-refractivity contribution in [2.45, 2.75) is 58.8 Å². The van der Waals surface area contributed by atoms with Gasteiger partial charge < -0.3 is 11.5 Å². The quantitative estimate of drug-likeness (QED) is 0.248. The summed E-state index contributed by atoms with van der Waals surface area (Å²) in [5, 5.41) is 0. The van der Waals surface area contributed by atoms with Crippen LogP contribution in [0.25, 0.3) is 0 Å². The van der Waals surface area contributed by atoms with Crippen LogP contribution in [0, 0.1) is 13.8 Å². The average molecular weight is 463 g/mol. The van der Waals surface area contributed by atoms with Gasteiger partial charge in [-0.05, 0) is 102 Å². The van der Waals surface area contributed by atoms with E-state index in [0.717, 1.165) is 24.2 Å². The summed E-state index contributed by atoms with van der Waals surface area (Å²) in [6, 6.07) is 30.9. The van der Waals surface area contributed by atoms with Gasteiger partial charge in [-0.2, -0.15) is 0 Å². The van der Waals surface area contributed by atoms with Gasteiger partial charge in [0.2, 0.25) is 0 Å². The van der Waals surface area contributed by atoms with Crippen molar-refractivity contribution in [3.05, 3.63) is 129 Å². The summed E-state index contributed by atoms with van der Waals surface area (Å²) in [6.45, 7) is 6.55. The Morgan fingerprint density at radius 1 is 0.600 bits per heavy atom. The zero-order valence-electron chi connectivity index (χ0n) is 21.4. The molecule has 0 saturated heterocycles. The number of nitrogens with two attached hydrogens (primary N) is 2. The maximum atomic E-state index is 5.92. The highest BCUT2D eigenvalue weighted by molar-refractivity contribution is 5.47. The molecule has 0 unspecified atom stereocenters. The van der Waals surface area contributed by atoms with E-state index in [1.807, 2.05) is 12.1 Å². The third-order valence-electron chi connectivity index (χ3n) is 7.13. The number of hydrogen-bond donors (Lipinski definition) is 2. The third kappa shape index (κ3) is 6.33. The first kappa shape index (κ1) is 24.6. The minimum atomic E-state index is 0.426. The fourth-order valence-electron chi connectivity index (χ4n) is 4.94. The Kier molecular flexibility index (Phi) is 7.92. The summed E-state index contributed by atoms with van der Waals surface area (Å²) in [4.78, 5) is 0. The number of anilines is 2. The molecule has 0 heterocycles. The molecule has 4 N–H and O–H groups in total. The summed E-state index contributed by atoms with van der Waals surface area (Å²) in [5.41, 5.74) is 24.2. The summed E-state index contributed by atoms with van der Waals surface area (Å²) in [7, 11) is 0. The van der Waals surface area contributed by atoms with Gasteiger partial charge in [-0.1, -0.05) is 80.4 Å². The van der Waals surface area contributed by atoms with Crippen LogP contribution in [-0.2, 0) is 12.8 Å². The Labute approximate surface area is 211 Å². The standard InChI is InChI=1S/C33H38N2/c1-4-5-6-33(27-11-7-25(8-12-27)21-29-15-17-31(34)19-23(29)2)28-13-9-26(10-14-28)22-30-16-18-32(35)20-24(30)3/h7-20,33H,4-6,21-22,34-35H2,1-3H3. The summed E-state index contributed by atoms with van der Waals surface area (Å²) in [5.74, 6) is 0.426. The SMILES string of the molecule is CCCCC(c1ccc(Cc2ccc(N)cc2C)cc1)c1ccc(Cc2ccc(N)cc2C)cc1. The zero-order chi connectivity index (χ0) is 24.8. The molecule has 0 atom stereocenters. The van der Waals surface area contributed by atoms with Crippen molar-refractivity contribution >= 4 is 11.4 Å². The largest absolute Gasteiger partial charge is 0.399 e. The van der Waals surface area contributed by atoms with Gasteiger partial charge in [-0.25, -0.2) is 0 Å². The van der Waals surface area contributed by atoms with Crippen LogP contribution in [0.2, 0.25) is 0 Å². The molecule has 4 aromatic carbocycles. The molecule has 0 saturated carbocycles. The molecule has 4 rings (SSSR count). The van der Waals surface area contributed by atoms with Crippen molar-refractivity contribution in [3.8, 4) is 0 Å². The van der Waals surface area contributed by atoms with Gasteiger partial charge in [0.15, 0.2) is 0 Å². The molecule has 0 aromatic heterocycles. The molecule has 180 valence electrons. The molecule has 2 heteroatoms. The van der Waals surface area contributed by atoms with E-state index in [9.17, 15) is 0 Å². The van der Waals surface area contributed by atoms with Gasteiger partial charge in [0, 0.05) is 17.3 Å². The second-order valence-electron chi connectivity index (χ2n) is 9.90. The van der Waals surface area contributed by atoms with Gasteiger partial charge >= 0.3 is 0 Å². The molecule has 0 spiro atoms. The Morgan fingerprint density at radius 2 is 1.03 bits per heavy atom. The van der Waals surface area contributed by atoms with Gasteiger partial charge in [-0.3, -0.25) is 0 Å². The third-order valence-corrected chi connectivity index (χ3v) is 7.13. The Bertz CT molecular complexity index is 1160. The summed E-state index contributed by atoms with van der Waals surface area (Å²) in [6.07, 6.45) is 5.48. The number of hydrogen-bond acceptors (Lipinski definition) is 2. The minimum absolute atomic E-state index is 0.426. The van der Waals surface area contributed by atoms with Crippen LogP contribution in [0.3, 0.4) is 0 Å². The monoisotopic (exact) mass is 462 g/mol. The number of nitrogen functional groups attached to an aromatic ring is 2. The van der Waals surface area contributed by atoms with Gasteiger partial charge in [-0.15, -0.1) is 0 Å². The second-order valence-corrected chi connectivity index (χ2v) is 9.90. The smallest absolute Gasteiger partial charge is 0.0316 e. The fourth-order valence-corrected chi connectivity index (χ4v) is 4.94. The van der Waals surface area contributed by atoms with E-state index < -0.39 is 0 Å². The molecule has 0 aliphatic carbocycles. The molecule has 0 amide bonds. The predicted octanol–water partition coefficient (Wildman–Crippen LogP) is 7.97. The van der Waals surface area contributed by atoms with E-state index >= 15 is 0 Å². The molecule has 2 nitrogen and oxygen atoms in total. The Hall–Kier alpha value is -3.52. The van der Waals surface area contributed by atoms with E-state index in [0.29, 0.717) is 5.92 Å². The lowest BCUT2D eigenvalue weighted by molar-refractivity contribution is 0.650. The van der Waals surface area contributed by atoms with Crippen LogP contribution in [0.4, 0.5) is 11.4 Å². The van der Waals surface area contributed by atoms with Gasteiger partial charge in [0.25, 0.3) is 0 Å². The van der Waals surface area contributed by atoms with Crippen molar-refractivity contribution < 1.29 is 0 Å². The van der Waals surface area contributed by atoms with Crippen LogP contribution in [-0.4, -0.2) is 0 Å². The molecule has 0 aliphatic heterocycles. The Balaban J connectivity index is 1.51. The predicted molar refractivity (Wildman–Crippen MR) is 151 cm³/mol. The fraction of sp³-hybridized carbons (Fsp3) is 0.273. The molecular weight excluding hydrogens is 424 g/mol. The second kappa shape index (κ2) is 11.3. The molecule has 0 bridgehead atoms. The first-order valence-corrected chi connectivity index (χ1v) is 12.8. The van der Waals surface area contributed by atoms with Crippen molar-refractivity contribution in [1.82, 2.24) is 0 Å². The van der Waals surface area contributed by atoms with Crippen molar-refractivity contribution in [3.63, 3.8) is 0 Å². The van der Waals surface area contributed by atoms with E-state index in [2.05, 4.69) is 93.6 Å². The van der Waals surface area contributed by atoms with Crippen molar-refractivity contribution in [2.75, 3.05) is 11.5 Å². The first-order valence-electron chi connectivity index (χ1n) is 12.8. The average Bonchev–Trinajstić information content (AvgIpc) is 2.85. The summed E-state index contributed by atoms with van der Waals surface area (Å²) < 4.78 is 0. The van der Waals surface area contributed by atoms with Crippen LogP contribution in [0.5, 0.6) is 0 Å². The van der Waals surface area contributed by atoms with Crippen LogP contribution in [0.15, 0.2) is 84.9 Å². The zero-order valence-corrected chi connectivity index (χ0v) is 21.4. The number of unbranched alkanes of at least 4 members (excludes halogenated alkanes) is 1. The molecule has 0 fully saturated rings. The van der Waals surface area contributed by atoms with Gasteiger partial charge in [0.05, 0.1) is 0 Å². The van der Waals surface area contributed by atoms with Crippen molar-refractivity contribution in [2.24, 2.45) is 0 Å². The lowest BCUT2D eigenvalue weighted by Crippen LogP contribution is -2.03. The van der Waals surface area contributed by atoms with Crippen LogP contribution < -0.4 is 11.5 Å². The topological polar surface area (TPSA) is 52.0 Å². The highest BCUT2D eigenvalue weighted by Gasteiger charge is 2.14. The molecule has 0 radical (unpaired) electrons. The molecule has 0 aliphatic rings. The highest BCUT2D eigenvalue weighted by atomic mass is 14.5. The maximum absolute atomic E-state index is 5.92. The van der Waals surface area contributed by atoms with E-state index in [-0.39, 0.29) is 0 Å².